The van der Waals surface area contributed by atoms with Crippen LogP contribution in [0.1, 0.15) is 0 Å². The van der Waals surface area contributed by atoms with Gasteiger partial charge >= 0.3 is 0 Å². The van der Waals surface area contributed by atoms with Crippen LogP contribution < -0.4 is 0 Å². The van der Waals surface area contributed by atoms with Crippen LogP contribution in [0.15, 0.2) is 0 Å². The molecular formula is C10H18O10. The van der Waals surface area contributed by atoms with E-state index in [1.807, 2.05) is 0 Å². The first kappa shape index (κ1) is 16.0. The van der Waals surface area contributed by atoms with Gasteiger partial charge in [-0.2, -0.15) is 0 Å². The molecule has 0 aromatic heterocycles. The molecule has 8 unspecified atom stereocenters. The third-order valence-electron chi connectivity index (χ3n) is 3.75. The van der Waals surface area contributed by atoms with Gasteiger partial charge in [0.2, 0.25) is 0 Å². The topological polar surface area (TPSA) is 180 Å². The summed E-state index contributed by atoms with van der Waals surface area (Å²) in [5, 5.41) is 77.5. The zero-order valence-corrected chi connectivity index (χ0v) is 10.3. The Kier molecular flexibility index (Phi) is 4.08. The molecule has 2 rings (SSSR count). The molecule has 0 aliphatic carbocycles. The van der Waals surface area contributed by atoms with Gasteiger partial charge in [-0.15, -0.1) is 0 Å². The summed E-state index contributed by atoms with van der Waals surface area (Å²) < 4.78 is 9.63. The molecule has 2 heterocycles. The number of ether oxygens (including phenoxy) is 2. The van der Waals surface area contributed by atoms with Crippen molar-refractivity contribution in [2.75, 3.05) is 13.2 Å². The number of hydrogen-bond acceptors (Lipinski definition) is 10. The SMILES string of the molecule is OCC1OC2(O)C(O)C(O)C(CO)OC2(O)C(O)C1O. The second kappa shape index (κ2) is 5.10. The first-order valence-corrected chi connectivity index (χ1v) is 5.97. The summed E-state index contributed by atoms with van der Waals surface area (Å²) in [5.74, 6) is -5.99. The van der Waals surface area contributed by atoms with E-state index in [9.17, 15) is 30.6 Å². The molecule has 0 bridgehead atoms. The molecule has 2 saturated heterocycles. The van der Waals surface area contributed by atoms with Crippen LogP contribution in [-0.2, 0) is 9.47 Å². The first-order chi connectivity index (χ1) is 9.22. The minimum absolute atomic E-state index is 0.830. The molecule has 8 atom stereocenters. The molecular weight excluding hydrogens is 280 g/mol. The maximum absolute atomic E-state index is 10.2. The van der Waals surface area contributed by atoms with Crippen LogP contribution >= 0.6 is 0 Å². The van der Waals surface area contributed by atoms with Crippen LogP contribution in [0, 0.1) is 0 Å². The Labute approximate surface area is 113 Å². The molecule has 2 aliphatic heterocycles. The lowest BCUT2D eigenvalue weighted by molar-refractivity contribution is -0.509. The third kappa shape index (κ3) is 1.89. The van der Waals surface area contributed by atoms with Crippen molar-refractivity contribution >= 4 is 0 Å². The van der Waals surface area contributed by atoms with E-state index in [1.165, 1.54) is 0 Å². The summed E-state index contributed by atoms with van der Waals surface area (Å²) in [6.45, 7) is -1.66. The molecule has 10 heteroatoms. The van der Waals surface area contributed by atoms with Crippen molar-refractivity contribution in [2.24, 2.45) is 0 Å². The fraction of sp³-hybridized carbons (Fsp3) is 1.00. The van der Waals surface area contributed by atoms with E-state index in [2.05, 4.69) is 0 Å². The van der Waals surface area contributed by atoms with Crippen molar-refractivity contribution in [3.8, 4) is 0 Å². The smallest absolute Gasteiger partial charge is 0.254 e. The zero-order chi connectivity index (χ0) is 15.3. The summed E-state index contributed by atoms with van der Waals surface area (Å²) in [4.78, 5) is 0. The van der Waals surface area contributed by atoms with E-state index in [1.54, 1.807) is 0 Å². The van der Waals surface area contributed by atoms with Crippen LogP contribution in [-0.4, -0.2) is 102 Å². The minimum atomic E-state index is -3.00. The molecule has 10 nitrogen and oxygen atoms in total. The fourth-order valence-corrected chi connectivity index (χ4v) is 2.49. The van der Waals surface area contributed by atoms with Gasteiger partial charge < -0.3 is 50.3 Å². The summed E-state index contributed by atoms with van der Waals surface area (Å²) in [6, 6.07) is 0. The molecule has 0 radical (unpaired) electrons. The third-order valence-corrected chi connectivity index (χ3v) is 3.75. The molecule has 0 amide bonds. The largest absolute Gasteiger partial charge is 0.394 e. The molecule has 0 aromatic rings. The van der Waals surface area contributed by atoms with Crippen molar-refractivity contribution in [2.45, 2.75) is 48.2 Å². The zero-order valence-electron chi connectivity index (χ0n) is 10.3. The molecule has 20 heavy (non-hydrogen) atoms. The Morgan fingerprint density at radius 3 is 1.25 bits per heavy atom. The number of rotatable bonds is 2. The Bertz CT molecular complexity index is 332. The maximum atomic E-state index is 10.2. The van der Waals surface area contributed by atoms with Gasteiger partial charge in [0.15, 0.2) is 0 Å². The predicted octanol–water partition coefficient (Wildman–Crippen LogP) is -5.41. The quantitative estimate of drug-likeness (QED) is 0.245. The van der Waals surface area contributed by atoms with Crippen LogP contribution in [0.2, 0.25) is 0 Å². The fourth-order valence-electron chi connectivity index (χ4n) is 2.49. The van der Waals surface area contributed by atoms with E-state index in [0.717, 1.165) is 0 Å². The van der Waals surface area contributed by atoms with Crippen LogP contribution in [0.4, 0.5) is 0 Å². The second-order valence-electron chi connectivity index (χ2n) is 4.94. The van der Waals surface area contributed by atoms with Crippen LogP contribution in [0.25, 0.3) is 0 Å². The van der Waals surface area contributed by atoms with Crippen molar-refractivity contribution in [1.29, 1.82) is 0 Å². The lowest BCUT2D eigenvalue weighted by Crippen LogP contribution is -2.83. The lowest BCUT2D eigenvalue weighted by Gasteiger charge is -2.58. The Morgan fingerprint density at radius 2 is 1.00 bits per heavy atom. The monoisotopic (exact) mass is 298 g/mol. The molecule has 8 N–H and O–H groups in total. The Hall–Kier alpha value is -0.400. The Balaban J connectivity index is 2.43. The van der Waals surface area contributed by atoms with E-state index in [4.69, 9.17) is 19.7 Å². The van der Waals surface area contributed by atoms with Crippen LogP contribution in [0.3, 0.4) is 0 Å². The highest BCUT2D eigenvalue weighted by Crippen LogP contribution is 2.45. The van der Waals surface area contributed by atoms with Gasteiger partial charge in [-0.3, -0.25) is 0 Å². The minimum Gasteiger partial charge on any atom is -0.394 e. The van der Waals surface area contributed by atoms with Crippen molar-refractivity contribution in [1.82, 2.24) is 0 Å². The van der Waals surface area contributed by atoms with Gasteiger partial charge in [0.05, 0.1) is 13.2 Å². The standard InChI is InChI=1S/C10H18O10/c11-1-3-5(13)7(15)10(18)9(17,19-3)8(16)6(14)4(2-12)20-10/h3-8,11-18H,1-2H2. The highest BCUT2D eigenvalue weighted by atomic mass is 16.8. The number of aliphatic hydroxyl groups excluding tert-OH is 6. The van der Waals surface area contributed by atoms with Crippen molar-refractivity contribution < 1.29 is 50.3 Å². The van der Waals surface area contributed by atoms with E-state index >= 15 is 0 Å². The van der Waals surface area contributed by atoms with E-state index < -0.39 is 61.4 Å². The van der Waals surface area contributed by atoms with Crippen molar-refractivity contribution in [3.05, 3.63) is 0 Å². The summed E-state index contributed by atoms with van der Waals surface area (Å²) in [7, 11) is 0. The summed E-state index contributed by atoms with van der Waals surface area (Å²) in [5.41, 5.74) is 0. The predicted molar refractivity (Wildman–Crippen MR) is 57.8 cm³/mol. The normalized spacial score (nSPS) is 56.4. The van der Waals surface area contributed by atoms with Gasteiger partial charge in [-0.1, -0.05) is 0 Å². The van der Waals surface area contributed by atoms with Gasteiger partial charge in [-0.25, -0.2) is 0 Å². The van der Waals surface area contributed by atoms with Crippen LogP contribution in [0.5, 0.6) is 0 Å². The average molecular weight is 298 g/mol. The highest BCUT2D eigenvalue weighted by molar-refractivity contribution is 5.10. The highest BCUT2D eigenvalue weighted by Gasteiger charge is 2.72. The molecule has 2 aliphatic rings. The van der Waals surface area contributed by atoms with Gasteiger partial charge in [0, 0.05) is 0 Å². The van der Waals surface area contributed by atoms with E-state index in [0.29, 0.717) is 0 Å². The number of hydrogen-bond donors (Lipinski definition) is 8. The van der Waals surface area contributed by atoms with Crippen molar-refractivity contribution in [3.63, 3.8) is 0 Å². The molecule has 0 spiro atoms. The Morgan fingerprint density at radius 1 is 0.700 bits per heavy atom. The first-order valence-electron chi connectivity index (χ1n) is 5.97. The van der Waals surface area contributed by atoms with Gasteiger partial charge in [-0.05, 0) is 0 Å². The molecule has 118 valence electrons. The number of aliphatic hydroxyl groups is 8. The van der Waals surface area contributed by atoms with Gasteiger partial charge in [0.1, 0.15) is 36.6 Å². The molecule has 0 aromatic carbocycles. The summed E-state index contributed by atoms with van der Waals surface area (Å²) in [6.07, 6.45) is -11.0. The summed E-state index contributed by atoms with van der Waals surface area (Å²) >= 11 is 0. The van der Waals surface area contributed by atoms with E-state index in [-0.39, 0.29) is 0 Å². The number of fused-ring (bicyclic) bond motifs is 1. The second-order valence-corrected chi connectivity index (χ2v) is 4.94. The molecule has 2 fully saturated rings. The van der Waals surface area contributed by atoms with Gasteiger partial charge in [0.25, 0.3) is 11.6 Å². The maximum Gasteiger partial charge on any atom is 0.254 e. The average Bonchev–Trinajstić information content (AvgIpc) is 2.44. The molecule has 0 saturated carbocycles. The lowest BCUT2D eigenvalue weighted by atomic mass is 9.80.